The third kappa shape index (κ3) is 2.55. The Bertz CT molecular complexity index is 522. The van der Waals surface area contributed by atoms with E-state index < -0.39 is 28.0 Å². The fourth-order valence-electron chi connectivity index (χ4n) is 1.17. The number of rotatable bonds is 3. The van der Waals surface area contributed by atoms with Crippen molar-refractivity contribution < 1.29 is 18.8 Å². The molecule has 0 radical (unpaired) electrons. The second kappa shape index (κ2) is 5.03. The van der Waals surface area contributed by atoms with Crippen LogP contribution in [0.4, 0.5) is 10.1 Å². The highest BCUT2D eigenvalue weighted by molar-refractivity contribution is 5.90. The molecule has 0 saturated carbocycles. The van der Waals surface area contributed by atoms with Crippen LogP contribution in [0.25, 0.3) is 0 Å². The topological polar surface area (TPSA) is 93.2 Å². The van der Waals surface area contributed by atoms with Crippen LogP contribution in [0.3, 0.4) is 0 Å². The van der Waals surface area contributed by atoms with Gasteiger partial charge in [-0.3, -0.25) is 10.1 Å². The highest BCUT2D eigenvalue weighted by atomic mass is 19.1. The number of carbonyl (C=O) groups excluding carboxylic acids is 1. The van der Waals surface area contributed by atoms with Gasteiger partial charge in [0.25, 0.3) is 5.69 Å². The van der Waals surface area contributed by atoms with Crippen molar-refractivity contribution in [1.29, 1.82) is 5.26 Å². The van der Waals surface area contributed by atoms with Crippen LogP contribution in [-0.4, -0.2) is 17.5 Å². The zero-order valence-corrected chi connectivity index (χ0v) is 8.77. The summed E-state index contributed by atoms with van der Waals surface area (Å²) in [7, 11) is 0. The number of hydrogen-bond acceptors (Lipinski definition) is 5. The van der Waals surface area contributed by atoms with E-state index in [-0.39, 0.29) is 12.2 Å². The quantitative estimate of drug-likeness (QED) is 0.454. The first kappa shape index (κ1) is 12.6. The Hall–Kier alpha value is -2.49. The van der Waals surface area contributed by atoms with Crippen LogP contribution >= 0.6 is 0 Å². The van der Waals surface area contributed by atoms with Crippen LogP contribution in [0.15, 0.2) is 12.1 Å². The predicted molar refractivity (Wildman–Crippen MR) is 53.7 cm³/mol. The van der Waals surface area contributed by atoms with Crippen molar-refractivity contribution in [3.05, 3.63) is 39.2 Å². The molecule has 88 valence electrons. The highest BCUT2D eigenvalue weighted by Gasteiger charge is 2.22. The summed E-state index contributed by atoms with van der Waals surface area (Å²) in [6.45, 7) is 1.57. The van der Waals surface area contributed by atoms with Gasteiger partial charge < -0.3 is 4.74 Å². The molecule has 1 rings (SSSR count). The van der Waals surface area contributed by atoms with Crippen molar-refractivity contribution in [1.82, 2.24) is 0 Å². The van der Waals surface area contributed by atoms with Gasteiger partial charge in [0, 0.05) is 0 Å². The van der Waals surface area contributed by atoms with Gasteiger partial charge in [-0.05, 0) is 13.0 Å². The van der Waals surface area contributed by atoms with Gasteiger partial charge in [-0.25, -0.2) is 9.18 Å². The fourth-order valence-corrected chi connectivity index (χ4v) is 1.17. The zero-order valence-electron chi connectivity index (χ0n) is 8.77. The molecule has 7 heteroatoms. The molecule has 0 N–H and O–H groups in total. The lowest BCUT2D eigenvalue weighted by atomic mass is 10.1. The maximum Gasteiger partial charge on any atom is 0.341 e. The van der Waals surface area contributed by atoms with Gasteiger partial charge >= 0.3 is 5.97 Å². The molecular formula is C10H7FN2O4. The van der Waals surface area contributed by atoms with Crippen LogP contribution < -0.4 is 0 Å². The lowest BCUT2D eigenvalue weighted by Crippen LogP contribution is -2.08. The number of hydrogen-bond donors (Lipinski definition) is 0. The summed E-state index contributed by atoms with van der Waals surface area (Å²) < 4.78 is 17.9. The van der Waals surface area contributed by atoms with Crippen LogP contribution in [0, 0.1) is 27.3 Å². The summed E-state index contributed by atoms with van der Waals surface area (Å²) in [6.07, 6.45) is 0. The molecular weight excluding hydrogens is 231 g/mol. The van der Waals surface area contributed by atoms with E-state index in [0.29, 0.717) is 6.07 Å². The Morgan fingerprint density at radius 3 is 2.76 bits per heavy atom. The second-order valence-corrected chi connectivity index (χ2v) is 2.94. The molecule has 0 fully saturated rings. The molecule has 0 saturated heterocycles. The van der Waals surface area contributed by atoms with Crippen molar-refractivity contribution >= 4 is 11.7 Å². The molecule has 0 aliphatic carbocycles. The molecule has 1 aromatic rings. The maximum atomic E-state index is 13.4. The molecule has 6 nitrogen and oxygen atoms in total. The Labute approximate surface area is 95.4 Å². The number of esters is 1. The van der Waals surface area contributed by atoms with Crippen molar-refractivity contribution in [2.24, 2.45) is 0 Å². The van der Waals surface area contributed by atoms with Gasteiger partial charge in [-0.2, -0.15) is 5.26 Å². The number of carbonyl (C=O) groups is 1. The first-order chi connectivity index (χ1) is 8.01. The largest absolute Gasteiger partial charge is 0.462 e. The lowest BCUT2D eigenvalue weighted by molar-refractivity contribution is -0.385. The number of nitrogens with zero attached hydrogens (tertiary/aromatic N) is 2. The van der Waals surface area contributed by atoms with E-state index in [1.807, 2.05) is 0 Å². The van der Waals surface area contributed by atoms with Crippen LogP contribution in [0.2, 0.25) is 0 Å². The van der Waals surface area contributed by atoms with Crippen LogP contribution in [0.5, 0.6) is 0 Å². The normalized spacial score (nSPS) is 9.47. The van der Waals surface area contributed by atoms with Gasteiger partial charge in [0.15, 0.2) is 0 Å². The standard InChI is InChI=1S/C10H7FN2O4/c1-2-17-10(14)7-3-6(5-12)9(13(15)16)4-8(7)11/h3-4H,2H2,1H3. The molecule has 0 bridgehead atoms. The van der Waals surface area contributed by atoms with E-state index in [0.717, 1.165) is 6.07 Å². The first-order valence-corrected chi connectivity index (χ1v) is 4.56. The first-order valence-electron chi connectivity index (χ1n) is 4.56. The molecule has 0 atom stereocenters. The van der Waals surface area contributed by atoms with Crippen LogP contribution in [0.1, 0.15) is 22.8 Å². The van der Waals surface area contributed by atoms with Gasteiger partial charge in [0.1, 0.15) is 17.4 Å². The van der Waals surface area contributed by atoms with E-state index >= 15 is 0 Å². The van der Waals surface area contributed by atoms with E-state index in [9.17, 15) is 19.3 Å². The van der Waals surface area contributed by atoms with Crippen molar-refractivity contribution in [3.8, 4) is 6.07 Å². The Morgan fingerprint density at radius 2 is 2.29 bits per heavy atom. The number of ether oxygens (including phenoxy) is 1. The Balaban J connectivity index is 3.33. The molecule has 0 aliphatic rings. The number of nitriles is 1. The summed E-state index contributed by atoms with van der Waals surface area (Å²) in [5, 5.41) is 19.2. The van der Waals surface area contributed by atoms with Gasteiger partial charge in [-0.1, -0.05) is 0 Å². The average Bonchev–Trinajstić information content (AvgIpc) is 2.28. The van der Waals surface area contributed by atoms with E-state index in [4.69, 9.17) is 5.26 Å². The van der Waals surface area contributed by atoms with Gasteiger partial charge in [-0.15, -0.1) is 0 Å². The van der Waals surface area contributed by atoms with Crippen molar-refractivity contribution in [3.63, 3.8) is 0 Å². The molecule has 1 aromatic carbocycles. The summed E-state index contributed by atoms with van der Waals surface area (Å²) in [5.74, 6) is -2.05. The van der Waals surface area contributed by atoms with Crippen molar-refractivity contribution in [2.75, 3.05) is 6.61 Å². The molecule has 0 aromatic heterocycles. The number of benzene rings is 1. The molecule has 17 heavy (non-hydrogen) atoms. The summed E-state index contributed by atoms with van der Waals surface area (Å²) in [5.41, 5.74) is -1.56. The Kier molecular flexibility index (Phi) is 3.72. The second-order valence-electron chi connectivity index (χ2n) is 2.94. The van der Waals surface area contributed by atoms with E-state index in [1.165, 1.54) is 13.0 Å². The molecule has 0 amide bonds. The minimum Gasteiger partial charge on any atom is -0.462 e. The maximum absolute atomic E-state index is 13.4. The fraction of sp³-hybridized carbons (Fsp3) is 0.200. The average molecular weight is 238 g/mol. The van der Waals surface area contributed by atoms with E-state index in [1.54, 1.807) is 0 Å². The minimum absolute atomic E-state index is 0.0388. The monoisotopic (exact) mass is 238 g/mol. The smallest absolute Gasteiger partial charge is 0.341 e. The summed E-state index contributed by atoms with van der Waals surface area (Å²) in [4.78, 5) is 20.9. The SMILES string of the molecule is CCOC(=O)c1cc(C#N)c([N+](=O)[O-])cc1F. The van der Waals surface area contributed by atoms with Gasteiger partial charge in [0.2, 0.25) is 0 Å². The number of nitro groups is 1. The molecule has 0 unspecified atom stereocenters. The van der Waals surface area contributed by atoms with E-state index in [2.05, 4.69) is 4.74 Å². The molecule has 0 aliphatic heterocycles. The predicted octanol–water partition coefficient (Wildman–Crippen LogP) is 1.78. The third-order valence-corrected chi connectivity index (χ3v) is 1.90. The van der Waals surface area contributed by atoms with Crippen LogP contribution in [-0.2, 0) is 4.74 Å². The highest BCUT2D eigenvalue weighted by Crippen LogP contribution is 2.22. The Morgan fingerprint density at radius 1 is 1.65 bits per heavy atom. The summed E-state index contributed by atoms with van der Waals surface area (Å²) in [6, 6.07) is 2.87. The summed E-state index contributed by atoms with van der Waals surface area (Å²) >= 11 is 0. The zero-order chi connectivity index (χ0) is 13.0. The number of halogens is 1. The van der Waals surface area contributed by atoms with Crippen molar-refractivity contribution in [2.45, 2.75) is 6.92 Å². The lowest BCUT2D eigenvalue weighted by Gasteiger charge is -2.03. The third-order valence-electron chi connectivity index (χ3n) is 1.90. The molecule has 0 spiro atoms. The molecule has 0 heterocycles. The minimum atomic E-state index is -1.09. The number of nitro benzene ring substituents is 1. The van der Waals surface area contributed by atoms with Gasteiger partial charge in [0.05, 0.1) is 23.2 Å².